The van der Waals surface area contributed by atoms with Crippen molar-refractivity contribution in [2.24, 2.45) is 5.92 Å². The lowest BCUT2D eigenvalue weighted by Gasteiger charge is -2.34. The van der Waals surface area contributed by atoms with E-state index >= 15 is 0 Å². The summed E-state index contributed by atoms with van der Waals surface area (Å²) in [5.74, 6) is 0.771. The van der Waals surface area contributed by atoms with Gasteiger partial charge in [-0.25, -0.2) is 4.98 Å². The van der Waals surface area contributed by atoms with Crippen LogP contribution in [0.2, 0.25) is 0 Å². The maximum absolute atomic E-state index is 9.50. The third-order valence-corrected chi connectivity index (χ3v) is 5.02. The van der Waals surface area contributed by atoms with Crippen LogP contribution >= 0.6 is 11.3 Å². The Bertz CT molecular complexity index is 368. The molecule has 2 heterocycles. The van der Waals surface area contributed by atoms with Gasteiger partial charge in [0.25, 0.3) is 0 Å². The number of hydrogen-bond acceptors (Lipinski definition) is 4. The van der Waals surface area contributed by atoms with Gasteiger partial charge in [-0.15, -0.1) is 11.3 Å². The minimum Gasteiger partial charge on any atom is -0.388 e. The zero-order valence-corrected chi connectivity index (χ0v) is 12.4. The lowest BCUT2D eigenvalue weighted by atomic mass is 9.93. The Kier molecular flexibility index (Phi) is 4.76. The second-order valence-corrected chi connectivity index (χ2v) is 6.76. The summed E-state index contributed by atoms with van der Waals surface area (Å²) in [6.07, 6.45) is 5.10. The van der Waals surface area contributed by atoms with E-state index in [2.05, 4.69) is 23.7 Å². The normalized spacial score (nSPS) is 20.5. The van der Waals surface area contributed by atoms with Crippen LogP contribution in [0.3, 0.4) is 0 Å². The van der Waals surface area contributed by atoms with Crippen LogP contribution in [0.4, 0.5) is 0 Å². The summed E-state index contributed by atoms with van der Waals surface area (Å²) in [7, 11) is 0. The number of likely N-dealkylation sites (tertiary alicyclic amines) is 1. The van der Waals surface area contributed by atoms with E-state index in [4.69, 9.17) is 0 Å². The van der Waals surface area contributed by atoms with Crippen LogP contribution in [-0.2, 0) is 6.42 Å². The zero-order valence-electron chi connectivity index (χ0n) is 11.6. The number of thiazole rings is 1. The Hall–Kier alpha value is -0.450. The smallest absolute Gasteiger partial charge is 0.0931 e. The van der Waals surface area contributed by atoms with Crippen molar-refractivity contribution in [3.05, 3.63) is 16.1 Å². The number of aromatic nitrogens is 1. The van der Waals surface area contributed by atoms with Crippen LogP contribution < -0.4 is 0 Å². The monoisotopic (exact) mass is 268 g/mol. The molecule has 1 aliphatic heterocycles. The van der Waals surface area contributed by atoms with E-state index in [-0.39, 0.29) is 6.10 Å². The molecule has 0 bridgehead atoms. The van der Waals surface area contributed by atoms with Gasteiger partial charge in [-0.05, 0) is 52.6 Å². The molecule has 1 aromatic heterocycles. The Morgan fingerprint density at radius 3 is 2.56 bits per heavy atom. The van der Waals surface area contributed by atoms with Crippen molar-refractivity contribution in [2.75, 3.05) is 13.1 Å². The van der Waals surface area contributed by atoms with Crippen LogP contribution in [0, 0.1) is 5.92 Å². The highest BCUT2D eigenvalue weighted by atomic mass is 32.1. The lowest BCUT2D eigenvalue weighted by molar-refractivity contribution is 0.149. The second kappa shape index (κ2) is 6.13. The molecule has 4 heteroatoms. The highest BCUT2D eigenvalue weighted by molar-refractivity contribution is 7.11. The highest BCUT2D eigenvalue weighted by Gasteiger charge is 2.22. The highest BCUT2D eigenvalue weighted by Crippen LogP contribution is 2.26. The topological polar surface area (TPSA) is 36.4 Å². The first kappa shape index (κ1) is 14.0. The molecule has 0 saturated carbocycles. The predicted molar refractivity (Wildman–Crippen MR) is 75.9 cm³/mol. The SMILES string of the molecule is CC(O)c1cnc(CC2CCN(C(C)C)CC2)s1. The van der Waals surface area contributed by atoms with Gasteiger partial charge in [-0.3, -0.25) is 0 Å². The van der Waals surface area contributed by atoms with Gasteiger partial charge in [0.1, 0.15) is 0 Å². The van der Waals surface area contributed by atoms with E-state index in [1.165, 1.54) is 30.9 Å². The lowest BCUT2D eigenvalue weighted by Crippen LogP contribution is -2.38. The van der Waals surface area contributed by atoms with Gasteiger partial charge in [0.2, 0.25) is 0 Å². The summed E-state index contributed by atoms with van der Waals surface area (Å²) in [6, 6.07) is 0.674. The Morgan fingerprint density at radius 1 is 1.39 bits per heavy atom. The average Bonchev–Trinajstić information content (AvgIpc) is 2.78. The van der Waals surface area contributed by atoms with Gasteiger partial charge in [0.05, 0.1) is 16.0 Å². The van der Waals surface area contributed by atoms with E-state index in [1.54, 1.807) is 18.3 Å². The molecule has 1 saturated heterocycles. The van der Waals surface area contributed by atoms with Gasteiger partial charge in [0, 0.05) is 18.7 Å². The third kappa shape index (κ3) is 3.53. The fraction of sp³-hybridized carbons (Fsp3) is 0.786. The maximum atomic E-state index is 9.50. The molecule has 0 radical (unpaired) electrons. The molecule has 2 rings (SSSR count). The fourth-order valence-electron chi connectivity index (χ4n) is 2.53. The first-order valence-electron chi connectivity index (χ1n) is 6.93. The molecular weight excluding hydrogens is 244 g/mol. The Balaban J connectivity index is 1.84. The molecule has 102 valence electrons. The largest absolute Gasteiger partial charge is 0.388 e. The minimum absolute atomic E-state index is 0.376. The van der Waals surface area contributed by atoms with E-state index in [9.17, 15) is 5.11 Å². The first-order chi connectivity index (χ1) is 8.56. The summed E-state index contributed by atoms with van der Waals surface area (Å²) >= 11 is 1.67. The average molecular weight is 268 g/mol. The molecule has 3 nitrogen and oxygen atoms in total. The summed E-state index contributed by atoms with van der Waals surface area (Å²) < 4.78 is 0. The summed E-state index contributed by atoms with van der Waals surface area (Å²) in [5.41, 5.74) is 0. The number of hydrogen-bond donors (Lipinski definition) is 1. The van der Waals surface area contributed by atoms with Gasteiger partial charge < -0.3 is 10.0 Å². The molecule has 0 spiro atoms. The van der Waals surface area contributed by atoms with E-state index in [1.807, 2.05) is 6.20 Å². The van der Waals surface area contributed by atoms with Crippen LogP contribution in [0.5, 0.6) is 0 Å². The number of nitrogens with zero attached hydrogens (tertiary/aromatic N) is 2. The van der Waals surface area contributed by atoms with E-state index in [0.29, 0.717) is 6.04 Å². The molecule has 18 heavy (non-hydrogen) atoms. The zero-order chi connectivity index (χ0) is 13.1. The standard InChI is InChI=1S/C14H24N2OS/c1-10(2)16-6-4-12(5-7-16)8-14-15-9-13(18-14)11(3)17/h9-12,17H,4-8H2,1-3H3. The summed E-state index contributed by atoms with van der Waals surface area (Å²) in [4.78, 5) is 7.98. The van der Waals surface area contributed by atoms with Crippen molar-refractivity contribution in [3.8, 4) is 0 Å². The Morgan fingerprint density at radius 2 is 2.06 bits per heavy atom. The maximum Gasteiger partial charge on any atom is 0.0931 e. The van der Waals surface area contributed by atoms with Gasteiger partial charge in [-0.1, -0.05) is 0 Å². The van der Waals surface area contributed by atoms with Crippen molar-refractivity contribution < 1.29 is 5.11 Å². The predicted octanol–water partition coefficient (Wildman–Crippen LogP) is 2.86. The van der Waals surface area contributed by atoms with Gasteiger partial charge in [-0.2, -0.15) is 0 Å². The second-order valence-electron chi connectivity index (χ2n) is 5.61. The fourth-order valence-corrected chi connectivity index (χ4v) is 3.50. The molecule has 1 unspecified atom stereocenters. The first-order valence-corrected chi connectivity index (χ1v) is 7.74. The van der Waals surface area contributed by atoms with Crippen molar-refractivity contribution in [1.29, 1.82) is 0 Å². The van der Waals surface area contributed by atoms with Crippen LogP contribution in [0.1, 0.15) is 49.6 Å². The molecular formula is C14H24N2OS. The van der Waals surface area contributed by atoms with Gasteiger partial charge in [0.15, 0.2) is 0 Å². The molecule has 1 aliphatic rings. The summed E-state index contributed by atoms with van der Waals surface area (Å²) in [5, 5.41) is 10.7. The van der Waals surface area contributed by atoms with Crippen LogP contribution in [0.15, 0.2) is 6.20 Å². The van der Waals surface area contributed by atoms with Crippen molar-refractivity contribution in [3.63, 3.8) is 0 Å². The third-order valence-electron chi connectivity index (χ3n) is 3.83. The molecule has 1 N–H and O–H groups in total. The van der Waals surface area contributed by atoms with Crippen LogP contribution in [0.25, 0.3) is 0 Å². The summed E-state index contributed by atoms with van der Waals surface area (Å²) in [6.45, 7) is 8.79. The van der Waals surface area contributed by atoms with Crippen molar-refractivity contribution in [2.45, 2.75) is 52.2 Å². The molecule has 1 atom stereocenters. The van der Waals surface area contributed by atoms with Crippen molar-refractivity contribution >= 4 is 11.3 Å². The molecule has 0 amide bonds. The van der Waals surface area contributed by atoms with Crippen molar-refractivity contribution in [1.82, 2.24) is 9.88 Å². The van der Waals surface area contributed by atoms with Gasteiger partial charge >= 0.3 is 0 Å². The van der Waals surface area contributed by atoms with Crippen LogP contribution in [-0.4, -0.2) is 34.1 Å². The number of aliphatic hydroxyl groups excluding tert-OH is 1. The Labute approximate surface area is 114 Å². The molecule has 0 aromatic carbocycles. The molecule has 1 fully saturated rings. The van der Waals surface area contributed by atoms with E-state index in [0.717, 1.165) is 17.2 Å². The number of piperidine rings is 1. The molecule has 1 aromatic rings. The number of rotatable bonds is 4. The minimum atomic E-state index is -0.376. The quantitative estimate of drug-likeness (QED) is 0.912. The molecule has 0 aliphatic carbocycles. The number of aliphatic hydroxyl groups is 1. The van der Waals surface area contributed by atoms with E-state index < -0.39 is 0 Å².